The fraction of sp³-hybridized carbons (Fsp3) is 0.229. The second-order valence-corrected chi connectivity index (χ2v) is 18.6. The Hall–Kier alpha value is -3.96. The van der Waals surface area contributed by atoms with Crippen LogP contribution in [0, 0.1) is 22.7 Å². The number of rotatable bonds is 8. The van der Waals surface area contributed by atoms with Gasteiger partial charge in [-0.2, -0.15) is 14.8 Å². The van der Waals surface area contributed by atoms with Crippen molar-refractivity contribution in [2.75, 3.05) is 13.1 Å². The van der Waals surface area contributed by atoms with E-state index < -0.39 is 36.8 Å². The molecule has 0 unspecified atom stereocenters. The molecule has 1 aliphatic heterocycles. The van der Waals surface area contributed by atoms with Gasteiger partial charge in [0.1, 0.15) is 38.4 Å². The number of alkyl carbamates (subject to hydrolysis) is 1. The molecule has 1 amide bonds. The van der Waals surface area contributed by atoms with Crippen molar-refractivity contribution >= 4 is 82.3 Å². The number of ether oxygens (including phenoxy) is 3. The molecule has 1 fully saturated rings. The Morgan fingerprint density at radius 2 is 1.20 bits per heavy atom. The van der Waals surface area contributed by atoms with Gasteiger partial charge in [0.2, 0.25) is 10.0 Å². The first-order valence-electron chi connectivity index (χ1n) is 15.5. The van der Waals surface area contributed by atoms with E-state index in [0.29, 0.717) is 26.5 Å². The summed E-state index contributed by atoms with van der Waals surface area (Å²) in [5.41, 5.74) is -0.361. The summed E-state index contributed by atoms with van der Waals surface area (Å²) in [6.45, 7) is 5.47. The van der Waals surface area contributed by atoms with Crippen LogP contribution in [0.1, 0.15) is 38.3 Å². The van der Waals surface area contributed by atoms with Crippen LogP contribution in [-0.2, 0) is 23.8 Å². The highest BCUT2D eigenvalue weighted by atomic mass is 35.7. The SMILES string of the molecule is CC(C)(C)OC(=O)N[C@H]1CCN(S(=O)(=O)c2cc(C#N)ccc2Oc2cc(Cl)cc(Cl)c2)C1.N#Cc1ccc(Oc2cc(Cl)cc(Cl)c2)c(S(=O)(=O)Cl)c1. The van der Waals surface area contributed by atoms with Crippen LogP contribution in [-0.4, -0.2) is 52.0 Å². The molecule has 1 N–H and O–H groups in total. The van der Waals surface area contributed by atoms with Crippen molar-refractivity contribution in [3.05, 3.63) is 104 Å². The van der Waals surface area contributed by atoms with Crippen molar-refractivity contribution in [1.29, 1.82) is 10.5 Å². The molecular weight excluding hydrogens is 846 g/mol. The van der Waals surface area contributed by atoms with Gasteiger partial charge >= 0.3 is 6.09 Å². The number of amides is 1. The van der Waals surface area contributed by atoms with Crippen LogP contribution in [0.2, 0.25) is 20.1 Å². The van der Waals surface area contributed by atoms with E-state index in [-0.39, 0.29) is 57.0 Å². The minimum atomic E-state index is -4.08. The summed E-state index contributed by atoms with van der Waals surface area (Å²) in [4.78, 5) is 11.6. The molecule has 0 saturated carbocycles. The van der Waals surface area contributed by atoms with Gasteiger partial charge in [-0.05, 0) is 100.0 Å². The number of nitriles is 2. The summed E-state index contributed by atoms with van der Waals surface area (Å²) in [5.74, 6) is 0.497. The number of benzene rings is 4. The monoisotopic (exact) mass is 872 g/mol. The molecule has 1 aliphatic rings. The lowest BCUT2D eigenvalue weighted by molar-refractivity contribution is 0.0507. The summed E-state index contributed by atoms with van der Waals surface area (Å²) in [6, 6.07) is 20.3. The van der Waals surface area contributed by atoms with Gasteiger partial charge in [0.15, 0.2) is 0 Å². The zero-order valence-corrected chi connectivity index (χ0v) is 33.9. The summed E-state index contributed by atoms with van der Waals surface area (Å²) in [6.07, 6.45) is -0.198. The number of sulfonamides is 1. The molecule has 1 saturated heterocycles. The molecular formula is C35H29Cl5N4O8S2. The van der Waals surface area contributed by atoms with E-state index in [0.717, 1.165) is 6.07 Å². The predicted molar refractivity (Wildman–Crippen MR) is 205 cm³/mol. The molecule has 0 aromatic heterocycles. The molecule has 5 rings (SSSR count). The molecule has 0 aliphatic carbocycles. The van der Waals surface area contributed by atoms with Gasteiger partial charge in [0, 0.05) is 49.9 Å². The zero-order chi connectivity index (χ0) is 40.0. The summed E-state index contributed by atoms with van der Waals surface area (Å²) >= 11 is 23.7. The van der Waals surface area contributed by atoms with E-state index in [9.17, 15) is 26.9 Å². The first kappa shape index (κ1) is 42.8. The van der Waals surface area contributed by atoms with Gasteiger partial charge in [0.05, 0.1) is 23.3 Å². The second kappa shape index (κ2) is 17.7. The lowest BCUT2D eigenvalue weighted by Gasteiger charge is -2.22. The molecule has 284 valence electrons. The second-order valence-electron chi connectivity index (χ2n) is 12.4. The van der Waals surface area contributed by atoms with Crippen LogP contribution in [0.25, 0.3) is 0 Å². The molecule has 54 heavy (non-hydrogen) atoms. The number of nitrogens with zero attached hydrogens (tertiary/aromatic N) is 3. The minimum Gasteiger partial charge on any atom is -0.456 e. The molecule has 19 heteroatoms. The van der Waals surface area contributed by atoms with Crippen LogP contribution in [0.5, 0.6) is 23.0 Å². The Bertz CT molecular complexity index is 2340. The number of halogens is 5. The molecule has 4 aromatic rings. The van der Waals surface area contributed by atoms with Gasteiger partial charge in [-0.3, -0.25) is 0 Å². The van der Waals surface area contributed by atoms with Crippen molar-refractivity contribution < 1.29 is 35.8 Å². The highest BCUT2D eigenvalue weighted by Crippen LogP contribution is 2.36. The standard InChI is InChI=1S/C22H23Cl2N3O5S.C13H6Cl3NO3S/c1-22(2,3)32-21(28)26-17-6-7-27(13-17)33(29,30)20-8-14(12-25)4-5-19(20)31-18-10-15(23)9-16(24)11-18;14-9-4-10(15)6-11(5-9)20-12-2-1-8(7-17)3-13(12)21(16,18)19/h4-5,8-11,17H,6-7,13H2,1-3H3,(H,26,28);1-6H/t17-;/m0./s1. The summed E-state index contributed by atoms with van der Waals surface area (Å²) in [7, 11) is -2.77. The van der Waals surface area contributed by atoms with E-state index >= 15 is 0 Å². The lowest BCUT2D eigenvalue weighted by atomic mass is 10.2. The van der Waals surface area contributed by atoms with E-state index in [2.05, 4.69) is 5.32 Å². The Labute approximate surface area is 337 Å². The van der Waals surface area contributed by atoms with Crippen LogP contribution >= 0.6 is 57.1 Å². The molecule has 12 nitrogen and oxygen atoms in total. The fourth-order valence-corrected chi connectivity index (χ4v) is 8.45. The number of nitrogens with one attached hydrogen (secondary N) is 1. The van der Waals surface area contributed by atoms with Crippen LogP contribution < -0.4 is 14.8 Å². The van der Waals surface area contributed by atoms with Crippen molar-refractivity contribution in [3.8, 4) is 35.1 Å². The first-order valence-corrected chi connectivity index (χ1v) is 20.7. The third-order valence-corrected chi connectivity index (χ3v) is 11.1. The Kier molecular flexibility index (Phi) is 14.0. The largest absolute Gasteiger partial charge is 0.456 e. The molecule has 0 bridgehead atoms. The Morgan fingerprint density at radius 1 is 0.759 bits per heavy atom. The maximum absolute atomic E-state index is 13.4. The van der Waals surface area contributed by atoms with Crippen LogP contribution in [0.3, 0.4) is 0 Å². The van der Waals surface area contributed by atoms with Crippen molar-refractivity contribution in [2.24, 2.45) is 0 Å². The fourth-order valence-electron chi connectivity index (χ4n) is 4.82. The Morgan fingerprint density at radius 3 is 1.63 bits per heavy atom. The van der Waals surface area contributed by atoms with Crippen LogP contribution in [0.15, 0.2) is 82.6 Å². The van der Waals surface area contributed by atoms with E-state index in [1.807, 2.05) is 12.1 Å². The van der Waals surface area contributed by atoms with E-state index in [1.54, 1.807) is 20.8 Å². The molecule has 0 radical (unpaired) electrons. The van der Waals surface area contributed by atoms with Crippen LogP contribution in [0.4, 0.5) is 4.79 Å². The molecule has 1 heterocycles. The van der Waals surface area contributed by atoms with Crippen molar-refractivity contribution in [1.82, 2.24) is 9.62 Å². The van der Waals surface area contributed by atoms with Crippen molar-refractivity contribution in [2.45, 2.75) is 48.6 Å². The number of hydrogen-bond donors (Lipinski definition) is 1. The smallest absolute Gasteiger partial charge is 0.407 e. The topological polar surface area (TPSA) is 176 Å². The number of carbonyl (C=O) groups is 1. The predicted octanol–water partition coefficient (Wildman–Crippen LogP) is 9.53. The van der Waals surface area contributed by atoms with E-state index in [1.165, 1.54) is 71.0 Å². The van der Waals surface area contributed by atoms with Crippen molar-refractivity contribution in [3.63, 3.8) is 0 Å². The Balaban J connectivity index is 0.000000266. The number of carbonyl (C=O) groups excluding carboxylic acids is 1. The molecule has 0 spiro atoms. The number of hydrogen-bond acceptors (Lipinski definition) is 10. The van der Waals surface area contributed by atoms with Gasteiger partial charge in [-0.15, -0.1) is 0 Å². The molecule has 4 aromatic carbocycles. The van der Waals surface area contributed by atoms with Gasteiger partial charge in [-0.25, -0.2) is 21.6 Å². The minimum absolute atomic E-state index is 0.0240. The average molecular weight is 875 g/mol. The third-order valence-electron chi connectivity index (χ3n) is 7.03. The maximum atomic E-state index is 13.4. The average Bonchev–Trinajstić information content (AvgIpc) is 3.52. The zero-order valence-electron chi connectivity index (χ0n) is 28.4. The summed E-state index contributed by atoms with van der Waals surface area (Å²) < 4.78 is 67.8. The normalized spacial score (nSPS) is 14.5. The third kappa shape index (κ3) is 12.0. The maximum Gasteiger partial charge on any atom is 0.407 e. The lowest BCUT2D eigenvalue weighted by Crippen LogP contribution is -2.41. The molecule has 1 atom stereocenters. The summed E-state index contributed by atoms with van der Waals surface area (Å²) in [5, 5.41) is 22.1. The first-order chi connectivity index (χ1) is 25.2. The van der Waals surface area contributed by atoms with Gasteiger partial charge in [0.25, 0.3) is 9.05 Å². The van der Waals surface area contributed by atoms with Gasteiger partial charge in [-0.1, -0.05) is 46.4 Å². The quantitative estimate of drug-likeness (QED) is 0.168. The van der Waals surface area contributed by atoms with E-state index in [4.69, 9.17) is 76.6 Å². The highest BCUT2D eigenvalue weighted by Gasteiger charge is 2.36. The highest BCUT2D eigenvalue weighted by molar-refractivity contribution is 8.13. The van der Waals surface area contributed by atoms with Gasteiger partial charge < -0.3 is 19.5 Å².